The standard InChI is InChI=1S/C22H20BrNO3/c1-26-20-13-11-19(12-14-20)24-21(16-5-3-2-4-6-16)15-27-22(25)17-7-9-18(23)10-8-17/h2-14,21,24H,15H2,1H3/t21-/m1/s1/i21D. The molecule has 0 amide bonds. The van der Waals surface area contributed by atoms with Gasteiger partial charge in [0.25, 0.3) is 0 Å². The normalized spacial score (nSPS) is 13.2. The van der Waals surface area contributed by atoms with E-state index in [1.807, 2.05) is 54.6 Å². The minimum Gasteiger partial charge on any atom is -0.497 e. The fraction of sp³-hybridized carbons (Fsp3) is 0.136. The maximum atomic E-state index is 12.4. The van der Waals surface area contributed by atoms with E-state index in [1.54, 1.807) is 31.4 Å². The van der Waals surface area contributed by atoms with E-state index in [1.165, 1.54) is 0 Å². The SMILES string of the molecule is [2H][C@](COC(=O)c1ccc(Br)cc1)(Nc1ccc(OC)cc1)c1ccccc1. The fourth-order valence-corrected chi connectivity index (χ4v) is 2.75. The topological polar surface area (TPSA) is 47.6 Å². The van der Waals surface area contributed by atoms with Crippen LogP contribution in [0.2, 0.25) is 0 Å². The first-order valence-corrected chi connectivity index (χ1v) is 9.20. The Morgan fingerprint density at radius 3 is 2.33 bits per heavy atom. The van der Waals surface area contributed by atoms with Gasteiger partial charge in [-0.05, 0) is 54.1 Å². The zero-order valence-corrected chi connectivity index (χ0v) is 16.4. The zero-order valence-electron chi connectivity index (χ0n) is 15.8. The quantitative estimate of drug-likeness (QED) is 0.508. The Morgan fingerprint density at radius 1 is 1.04 bits per heavy atom. The van der Waals surface area contributed by atoms with Crippen LogP contribution in [-0.2, 0) is 4.74 Å². The van der Waals surface area contributed by atoms with Crippen LogP contribution in [0.4, 0.5) is 5.69 Å². The summed E-state index contributed by atoms with van der Waals surface area (Å²) in [6.45, 7) is -0.155. The minimum atomic E-state index is -1.35. The Labute approximate surface area is 168 Å². The van der Waals surface area contributed by atoms with Gasteiger partial charge in [-0.25, -0.2) is 4.79 Å². The highest BCUT2D eigenvalue weighted by Crippen LogP contribution is 2.23. The van der Waals surface area contributed by atoms with E-state index in [9.17, 15) is 4.79 Å². The van der Waals surface area contributed by atoms with Crippen molar-refractivity contribution in [2.75, 3.05) is 19.0 Å². The molecule has 0 radical (unpaired) electrons. The zero-order chi connectivity index (χ0) is 20.0. The van der Waals surface area contributed by atoms with Crippen LogP contribution in [0.25, 0.3) is 0 Å². The van der Waals surface area contributed by atoms with Gasteiger partial charge < -0.3 is 14.8 Å². The Kier molecular flexibility index (Phi) is 6.03. The van der Waals surface area contributed by atoms with Crippen molar-refractivity contribution in [1.82, 2.24) is 0 Å². The summed E-state index contributed by atoms with van der Waals surface area (Å²) in [5.74, 6) is 0.249. The number of carbonyl (C=O) groups is 1. The molecule has 0 heterocycles. The highest BCUT2D eigenvalue weighted by Gasteiger charge is 2.15. The highest BCUT2D eigenvalue weighted by atomic mass is 79.9. The van der Waals surface area contributed by atoms with E-state index in [-0.39, 0.29) is 6.61 Å². The summed E-state index contributed by atoms with van der Waals surface area (Å²) >= 11 is 3.34. The largest absolute Gasteiger partial charge is 0.497 e. The van der Waals surface area contributed by atoms with Crippen molar-refractivity contribution in [3.8, 4) is 5.75 Å². The fourth-order valence-electron chi connectivity index (χ4n) is 2.49. The maximum absolute atomic E-state index is 12.4. The number of ether oxygens (including phenoxy) is 2. The van der Waals surface area contributed by atoms with Crippen LogP contribution in [0.1, 0.15) is 23.3 Å². The Balaban J connectivity index is 1.80. The van der Waals surface area contributed by atoms with Gasteiger partial charge in [0.2, 0.25) is 0 Å². The number of rotatable bonds is 7. The van der Waals surface area contributed by atoms with Crippen LogP contribution in [0, 0.1) is 0 Å². The summed E-state index contributed by atoms with van der Waals surface area (Å²) < 4.78 is 20.5. The molecule has 138 valence electrons. The summed E-state index contributed by atoms with van der Waals surface area (Å²) in [4.78, 5) is 12.4. The van der Waals surface area contributed by atoms with Crippen molar-refractivity contribution >= 4 is 27.6 Å². The van der Waals surface area contributed by atoms with Crippen molar-refractivity contribution in [1.29, 1.82) is 0 Å². The van der Waals surface area contributed by atoms with Gasteiger partial charge in [0.05, 0.1) is 20.1 Å². The molecule has 3 rings (SSSR count). The lowest BCUT2D eigenvalue weighted by atomic mass is 10.1. The first-order chi connectivity index (χ1) is 13.5. The van der Waals surface area contributed by atoms with Crippen LogP contribution in [0.3, 0.4) is 0 Å². The molecule has 0 bridgehead atoms. The molecule has 1 atom stereocenters. The molecule has 0 spiro atoms. The molecule has 0 fully saturated rings. The van der Waals surface area contributed by atoms with Crippen molar-refractivity contribution < 1.29 is 15.6 Å². The number of anilines is 1. The molecule has 3 aromatic carbocycles. The van der Waals surface area contributed by atoms with Crippen LogP contribution < -0.4 is 10.1 Å². The molecule has 0 aliphatic heterocycles. The highest BCUT2D eigenvalue weighted by molar-refractivity contribution is 9.10. The summed E-state index contributed by atoms with van der Waals surface area (Å²) in [6, 6.07) is 22.1. The van der Waals surface area contributed by atoms with Gasteiger partial charge in [-0.1, -0.05) is 46.3 Å². The number of nitrogens with one attached hydrogen (secondary N) is 1. The summed E-state index contributed by atoms with van der Waals surface area (Å²) in [6.07, 6.45) is 0. The van der Waals surface area contributed by atoms with Gasteiger partial charge in [0, 0.05) is 10.2 Å². The van der Waals surface area contributed by atoms with Crippen LogP contribution in [0.5, 0.6) is 5.75 Å². The molecule has 0 unspecified atom stereocenters. The van der Waals surface area contributed by atoms with E-state index in [0.29, 0.717) is 11.1 Å². The van der Waals surface area contributed by atoms with E-state index < -0.39 is 12.0 Å². The number of halogens is 1. The molecule has 0 saturated carbocycles. The van der Waals surface area contributed by atoms with Crippen molar-refractivity contribution in [2.45, 2.75) is 6.02 Å². The molecule has 1 N–H and O–H groups in total. The van der Waals surface area contributed by atoms with Crippen LogP contribution >= 0.6 is 15.9 Å². The van der Waals surface area contributed by atoms with Gasteiger partial charge in [-0.2, -0.15) is 0 Å². The molecular formula is C22H20BrNO3. The molecule has 3 aromatic rings. The Hall–Kier alpha value is -2.79. The van der Waals surface area contributed by atoms with Gasteiger partial charge in [0.1, 0.15) is 12.4 Å². The molecule has 5 heteroatoms. The monoisotopic (exact) mass is 426 g/mol. The second kappa shape index (κ2) is 9.24. The number of esters is 1. The summed E-state index contributed by atoms with van der Waals surface area (Å²) in [5.41, 5.74) is 1.84. The van der Waals surface area contributed by atoms with Crippen molar-refractivity contribution in [3.05, 3.63) is 94.5 Å². The van der Waals surface area contributed by atoms with Gasteiger partial charge in [-0.15, -0.1) is 0 Å². The Bertz CT molecular complexity index is 917. The van der Waals surface area contributed by atoms with E-state index >= 15 is 0 Å². The maximum Gasteiger partial charge on any atom is 0.338 e. The van der Waals surface area contributed by atoms with Crippen molar-refractivity contribution in [3.63, 3.8) is 0 Å². The minimum absolute atomic E-state index is 0.155. The van der Waals surface area contributed by atoms with Gasteiger partial charge in [-0.3, -0.25) is 0 Å². The lowest BCUT2D eigenvalue weighted by Crippen LogP contribution is -2.19. The first-order valence-electron chi connectivity index (χ1n) is 8.91. The molecule has 0 aliphatic rings. The summed E-state index contributed by atoms with van der Waals surface area (Å²) in [7, 11) is 1.60. The molecular weight excluding hydrogens is 406 g/mol. The van der Waals surface area contributed by atoms with E-state index in [4.69, 9.17) is 10.8 Å². The summed E-state index contributed by atoms with van der Waals surface area (Å²) in [5, 5.41) is 3.17. The van der Waals surface area contributed by atoms with Crippen LogP contribution in [-0.4, -0.2) is 19.7 Å². The number of benzene rings is 3. The third-order valence-corrected chi connectivity index (χ3v) is 4.46. The number of hydrogen-bond acceptors (Lipinski definition) is 4. The second-order valence-corrected chi connectivity index (χ2v) is 6.70. The van der Waals surface area contributed by atoms with Gasteiger partial charge in [0.15, 0.2) is 0 Å². The van der Waals surface area contributed by atoms with E-state index in [2.05, 4.69) is 21.2 Å². The molecule has 27 heavy (non-hydrogen) atoms. The number of hydrogen-bond donors (Lipinski definition) is 1. The lowest BCUT2D eigenvalue weighted by Gasteiger charge is -2.20. The van der Waals surface area contributed by atoms with Gasteiger partial charge >= 0.3 is 5.97 Å². The second-order valence-electron chi connectivity index (χ2n) is 5.78. The van der Waals surface area contributed by atoms with Crippen molar-refractivity contribution in [2.24, 2.45) is 0 Å². The van der Waals surface area contributed by atoms with Crippen LogP contribution in [0.15, 0.2) is 83.3 Å². The lowest BCUT2D eigenvalue weighted by molar-refractivity contribution is 0.0488. The predicted molar refractivity (Wildman–Crippen MR) is 110 cm³/mol. The number of methoxy groups -OCH3 is 1. The average Bonchev–Trinajstić information content (AvgIpc) is 2.74. The van der Waals surface area contributed by atoms with E-state index in [0.717, 1.165) is 15.9 Å². The Morgan fingerprint density at radius 2 is 1.70 bits per heavy atom. The number of carbonyl (C=O) groups excluding carboxylic acids is 1. The average molecular weight is 427 g/mol. The smallest absolute Gasteiger partial charge is 0.338 e. The molecule has 0 aromatic heterocycles. The third-order valence-electron chi connectivity index (χ3n) is 3.94. The third kappa shape index (κ3) is 5.34. The molecule has 4 nitrogen and oxygen atoms in total. The predicted octanol–water partition coefficient (Wildman–Crippen LogP) is 5.47. The molecule has 0 saturated heterocycles. The molecule has 0 aliphatic carbocycles. The first kappa shape index (κ1) is 17.6.